The van der Waals surface area contributed by atoms with E-state index in [1.165, 1.54) is 0 Å². The average Bonchev–Trinajstić information content (AvgIpc) is 2.42. The van der Waals surface area contributed by atoms with Gasteiger partial charge >= 0.3 is 0 Å². The van der Waals surface area contributed by atoms with Crippen molar-refractivity contribution in [2.75, 3.05) is 40.6 Å². The fourth-order valence-electron chi connectivity index (χ4n) is 1.34. The van der Waals surface area contributed by atoms with Crippen LogP contribution < -0.4 is 10.1 Å². The summed E-state index contributed by atoms with van der Waals surface area (Å²) < 4.78 is 15.7. The van der Waals surface area contributed by atoms with Gasteiger partial charge in [-0.2, -0.15) is 0 Å². The molecule has 1 aromatic heterocycles. The van der Waals surface area contributed by atoms with Gasteiger partial charge in [0.1, 0.15) is 12.4 Å². The lowest BCUT2D eigenvalue weighted by Gasteiger charge is -2.10. The first kappa shape index (κ1) is 14.9. The van der Waals surface area contributed by atoms with Crippen LogP contribution in [-0.2, 0) is 9.47 Å². The molecule has 1 heterocycles. The third-order valence-corrected chi connectivity index (χ3v) is 2.56. The number of nitrogens with one attached hydrogen (secondary N) is 1. The lowest BCUT2D eigenvalue weighted by atomic mass is 10.2. The first-order valence-corrected chi connectivity index (χ1v) is 6.10. The monoisotopic (exact) mass is 254 g/mol. The van der Waals surface area contributed by atoms with Crippen molar-refractivity contribution in [3.05, 3.63) is 24.0 Å². The van der Waals surface area contributed by atoms with Gasteiger partial charge in [0.2, 0.25) is 0 Å². The zero-order chi connectivity index (χ0) is 13.2. The summed E-state index contributed by atoms with van der Waals surface area (Å²) >= 11 is 0. The topological polar surface area (TPSA) is 52.6 Å². The number of ether oxygens (including phenoxy) is 3. The Morgan fingerprint density at radius 2 is 2.00 bits per heavy atom. The molecule has 0 aliphatic rings. The Bertz CT molecular complexity index is 317. The first-order chi connectivity index (χ1) is 8.77. The summed E-state index contributed by atoms with van der Waals surface area (Å²) in [5, 5.41) is 3.14. The molecular formula is C13H22N2O3. The van der Waals surface area contributed by atoms with Crippen LogP contribution in [0, 0.1) is 0 Å². The number of hydrogen-bond donors (Lipinski definition) is 1. The molecule has 1 aromatic rings. The summed E-state index contributed by atoms with van der Waals surface area (Å²) in [6.07, 6.45) is 1.73. The third-order valence-electron chi connectivity index (χ3n) is 2.56. The Morgan fingerprint density at radius 3 is 2.61 bits per heavy atom. The van der Waals surface area contributed by atoms with Gasteiger partial charge in [0.05, 0.1) is 31.7 Å². The summed E-state index contributed by atoms with van der Waals surface area (Å²) in [5.41, 5.74) is 1.00. The Balaban J connectivity index is 2.22. The zero-order valence-electron chi connectivity index (χ0n) is 11.3. The van der Waals surface area contributed by atoms with Gasteiger partial charge in [-0.15, -0.1) is 0 Å². The van der Waals surface area contributed by atoms with E-state index in [0.29, 0.717) is 26.4 Å². The molecule has 0 aromatic carbocycles. The van der Waals surface area contributed by atoms with E-state index >= 15 is 0 Å². The van der Waals surface area contributed by atoms with Crippen LogP contribution in [0.5, 0.6) is 5.75 Å². The highest BCUT2D eigenvalue weighted by Crippen LogP contribution is 2.13. The quantitative estimate of drug-likeness (QED) is 0.675. The number of pyridine rings is 1. The standard InChI is InChI=1S/C13H22N2O3/c1-11(14-2)13-5-4-12(10-15-13)18-9-8-17-7-6-16-3/h4-5,10-11,14H,6-9H2,1-3H3. The van der Waals surface area contributed by atoms with Crippen molar-refractivity contribution in [1.82, 2.24) is 10.3 Å². The van der Waals surface area contributed by atoms with Crippen LogP contribution in [0.25, 0.3) is 0 Å². The van der Waals surface area contributed by atoms with Crippen LogP contribution in [0.3, 0.4) is 0 Å². The molecule has 1 atom stereocenters. The van der Waals surface area contributed by atoms with E-state index in [-0.39, 0.29) is 6.04 Å². The molecule has 0 saturated heterocycles. The highest BCUT2D eigenvalue weighted by molar-refractivity contribution is 5.21. The molecule has 0 bridgehead atoms. The summed E-state index contributed by atoms with van der Waals surface area (Å²) in [5.74, 6) is 0.761. The Kier molecular flexibility index (Phi) is 7.32. The van der Waals surface area contributed by atoms with Crippen molar-refractivity contribution in [3.63, 3.8) is 0 Å². The average molecular weight is 254 g/mol. The van der Waals surface area contributed by atoms with E-state index in [9.17, 15) is 0 Å². The lowest BCUT2D eigenvalue weighted by molar-refractivity contribution is 0.0543. The van der Waals surface area contributed by atoms with Gasteiger partial charge in [-0.3, -0.25) is 4.98 Å². The van der Waals surface area contributed by atoms with Gasteiger partial charge in [0.25, 0.3) is 0 Å². The van der Waals surface area contributed by atoms with E-state index in [2.05, 4.69) is 17.2 Å². The molecule has 5 nitrogen and oxygen atoms in total. The molecule has 0 amide bonds. The van der Waals surface area contributed by atoms with Crippen LogP contribution in [-0.4, -0.2) is 45.6 Å². The molecule has 5 heteroatoms. The van der Waals surface area contributed by atoms with Gasteiger partial charge in [-0.1, -0.05) is 0 Å². The summed E-state index contributed by atoms with van der Waals surface area (Å²) in [6, 6.07) is 4.13. The fourth-order valence-corrected chi connectivity index (χ4v) is 1.34. The minimum absolute atomic E-state index is 0.247. The van der Waals surface area contributed by atoms with Gasteiger partial charge < -0.3 is 19.5 Å². The lowest BCUT2D eigenvalue weighted by Crippen LogP contribution is -2.14. The first-order valence-electron chi connectivity index (χ1n) is 6.10. The second-order valence-corrected chi connectivity index (χ2v) is 3.88. The third kappa shape index (κ3) is 5.44. The molecule has 102 valence electrons. The largest absolute Gasteiger partial charge is 0.490 e. The Labute approximate surface area is 108 Å². The smallest absolute Gasteiger partial charge is 0.137 e. The number of nitrogens with zero attached hydrogens (tertiary/aromatic N) is 1. The number of hydrogen-bond acceptors (Lipinski definition) is 5. The normalized spacial score (nSPS) is 12.4. The van der Waals surface area contributed by atoms with Crippen molar-refractivity contribution in [2.45, 2.75) is 13.0 Å². The van der Waals surface area contributed by atoms with Crippen LogP contribution in [0.2, 0.25) is 0 Å². The summed E-state index contributed by atoms with van der Waals surface area (Å²) in [6.45, 7) is 4.34. The molecule has 1 rings (SSSR count). The second-order valence-electron chi connectivity index (χ2n) is 3.88. The highest BCUT2D eigenvalue weighted by atomic mass is 16.5. The minimum Gasteiger partial charge on any atom is -0.490 e. The molecule has 0 aliphatic carbocycles. The summed E-state index contributed by atoms with van der Waals surface area (Å²) in [7, 11) is 3.56. The molecule has 0 saturated carbocycles. The van der Waals surface area contributed by atoms with Crippen molar-refractivity contribution in [2.24, 2.45) is 0 Å². The Hall–Kier alpha value is -1.17. The number of rotatable bonds is 9. The van der Waals surface area contributed by atoms with Crippen molar-refractivity contribution < 1.29 is 14.2 Å². The van der Waals surface area contributed by atoms with Gasteiger partial charge in [0, 0.05) is 13.2 Å². The molecule has 0 spiro atoms. The van der Waals surface area contributed by atoms with Gasteiger partial charge in [0.15, 0.2) is 0 Å². The predicted octanol–water partition coefficient (Wildman–Crippen LogP) is 1.40. The molecule has 1 unspecified atom stereocenters. The maximum absolute atomic E-state index is 5.51. The van der Waals surface area contributed by atoms with Crippen LogP contribution in [0.1, 0.15) is 18.7 Å². The zero-order valence-corrected chi connectivity index (χ0v) is 11.3. The molecule has 18 heavy (non-hydrogen) atoms. The van der Waals surface area contributed by atoms with Crippen LogP contribution in [0.4, 0.5) is 0 Å². The molecule has 1 N–H and O–H groups in total. The number of methoxy groups -OCH3 is 1. The Morgan fingerprint density at radius 1 is 1.22 bits per heavy atom. The van der Waals surface area contributed by atoms with Crippen LogP contribution >= 0.6 is 0 Å². The molecule has 0 fully saturated rings. The van der Waals surface area contributed by atoms with Crippen molar-refractivity contribution in [3.8, 4) is 5.75 Å². The van der Waals surface area contributed by atoms with Crippen molar-refractivity contribution in [1.29, 1.82) is 0 Å². The second kappa shape index (κ2) is 8.85. The van der Waals surface area contributed by atoms with E-state index in [1.807, 2.05) is 19.2 Å². The van der Waals surface area contributed by atoms with Gasteiger partial charge in [-0.25, -0.2) is 0 Å². The van der Waals surface area contributed by atoms with Crippen molar-refractivity contribution >= 4 is 0 Å². The van der Waals surface area contributed by atoms with E-state index in [4.69, 9.17) is 14.2 Å². The molecule has 0 aliphatic heterocycles. The minimum atomic E-state index is 0.247. The fraction of sp³-hybridized carbons (Fsp3) is 0.615. The van der Waals surface area contributed by atoms with E-state index < -0.39 is 0 Å². The maximum atomic E-state index is 5.51. The highest BCUT2D eigenvalue weighted by Gasteiger charge is 2.03. The van der Waals surface area contributed by atoms with E-state index in [1.54, 1.807) is 13.3 Å². The molecular weight excluding hydrogens is 232 g/mol. The van der Waals surface area contributed by atoms with Gasteiger partial charge in [-0.05, 0) is 26.1 Å². The summed E-state index contributed by atoms with van der Waals surface area (Å²) in [4.78, 5) is 4.33. The predicted molar refractivity (Wildman–Crippen MR) is 69.9 cm³/mol. The maximum Gasteiger partial charge on any atom is 0.137 e. The van der Waals surface area contributed by atoms with E-state index in [0.717, 1.165) is 11.4 Å². The number of aromatic nitrogens is 1. The SMILES string of the molecule is CNC(C)c1ccc(OCCOCCOC)cn1. The van der Waals surface area contributed by atoms with Crippen LogP contribution in [0.15, 0.2) is 18.3 Å². The molecule has 0 radical (unpaired) electrons.